The Labute approximate surface area is 89.4 Å². The topological polar surface area (TPSA) is 12.0 Å². The Morgan fingerprint density at radius 1 is 0.867 bits per heavy atom. The third-order valence-electron chi connectivity index (χ3n) is 2.22. The highest BCUT2D eigenvalue weighted by Gasteiger charge is 1.84. The first-order valence-corrected chi connectivity index (χ1v) is 4.92. The van der Waals surface area contributed by atoms with Crippen molar-refractivity contribution in [1.82, 2.24) is 0 Å². The molecule has 0 atom stereocenters. The summed E-state index contributed by atoms with van der Waals surface area (Å²) in [6.07, 6.45) is 1.97. The Morgan fingerprint density at radius 3 is 2.27 bits per heavy atom. The van der Waals surface area contributed by atoms with Crippen molar-refractivity contribution in [2.75, 3.05) is 5.32 Å². The summed E-state index contributed by atoms with van der Waals surface area (Å²) in [6, 6.07) is 18.1. The van der Waals surface area contributed by atoms with Crippen LogP contribution in [-0.2, 0) is 0 Å². The molecule has 0 unspecified atom stereocenters. The van der Waals surface area contributed by atoms with Crippen LogP contribution in [-0.4, -0.2) is 0 Å². The summed E-state index contributed by atoms with van der Waals surface area (Å²) in [4.78, 5) is 0. The highest BCUT2D eigenvalue weighted by atomic mass is 14.8. The van der Waals surface area contributed by atoms with E-state index in [1.165, 1.54) is 0 Å². The van der Waals surface area contributed by atoms with E-state index in [0.717, 1.165) is 16.1 Å². The number of rotatable bonds is 2. The normalized spacial score (nSPS) is 11.3. The maximum Gasteiger partial charge on any atom is 0.0379 e. The van der Waals surface area contributed by atoms with Crippen LogP contribution in [0.1, 0.15) is 0 Å². The molecule has 0 aromatic heterocycles. The van der Waals surface area contributed by atoms with Gasteiger partial charge in [-0.25, -0.2) is 0 Å². The number of nitrogens with one attached hydrogen (secondary N) is 1. The first-order chi connectivity index (χ1) is 7.36. The first-order valence-electron chi connectivity index (χ1n) is 4.92. The molecule has 1 nitrogen and oxygen atoms in total. The fraction of sp³-hybridized carbons (Fsp3) is 0. The molecule has 0 amide bonds. The van der Waals surface area contributed by atoms with Crippen molar-refractivity contribution in [2.45, 2.75) is 0 Å². The van der Waals surface area contributed by atoms with E-state index in [1.807, 2.05) is 60.8 Å². The summed E-state index contributed by atoms with van der Waals surface area (Å²) in [7, 11) is 0. The maximum atomic E-state index is 3.96. The number of hydrogen-bond acceptors (Lipinski definition) is 1. The van der Waals surface area contributed by atoms with Crippen LogP contribution < -0.4 is 15.8 Å². The van der Waals surface area contributed by atoms with E-state index < -0.39 is 0 Å². The van der Waals surface area contributed by atoms with Gasteiger partial charge in [-0.2, -0.15) is 0 Å². The lowest BCUT2D eigenvalue weighted by Gasteiger charge is -1.98. The molecule has 0 saturated heterocycles. The summed E-state index contributed by atoms with van der Waals surface area (Å²) >= 11 is 0. The van der Waals surface area contributed by atoms with Gasteiger partial charge >= 0.3 is 0 Å². The Morgan fingerprint density at radius 2 is 1.53 bits per heavy atom. The minimum atomic E-state index is 1.03. The minimum Gasteiger partial charge on any atom is -0.361 e. The highest BCUT2D eigenvalue weighted by Crippen LogP contribution is 2.03. The van der Waals surface area contributed by atoms with E-state index in [-0.39, 0.29) is 0 Å². The van der Waals surface area contributed by atoms with Crippen molar-refractivity contribution >= 4 is 18.5 Å². The minimum absolute atomic E-state index is 1.03. The molecule has 0 aliphatic carbocycles. The molecule has 0 fully saturated rings. The summed E-state index contributed by atoms with van der Waals surface area (Å²) in [6.45, 7) is 3.96. The molecule has 0 spiro atoms. The van der Waals surface area contributed by atoms with Crippen molar-refractivity contribution < 1.29 is 0 Å². The third kappa shape index (κ3) is 2.47. The van der Waals surface area contributed by atoms with Crippen molar-refractivity contribution in [3.63, 3.8) is 0 Å². The van der Waals surface area contributed by atoms with Crippen LogP contribution in [0, 0.1) is 0 Å². The fourth-order valence-corrected chi connectivity index (χ4v) is 1.37. The second-order valence-corrected chi connectivity index (χ2v) is 3.35. The number of benzene rings is 2. The quantitative estimate of drug-likeness (QED) is 0.772. The monoisotopic (exact) mass is 195 g/mol. The zero-order valence-electron chi connectivity index (χ0n) is 8.48. The van der Waals surface area contributed by atoms with E-state index in [2.05, 4.69) is 11.9 Å². The fourth-order valence-electron chi connectivity index (χ4n) is 1.37. The smallest absolute Gasteiger partial charge is 0.0379 e. The van der Waals surface area contributed by atoms with E-state index in [1.54, 1.807) is 0 Å². The van der Waals surface area contributed by atoms with Gasteiger partial charge in [0.05, 0.1) is 0 Å². The first kappa shape index (κ1) is 9.53. The van der Waals surface area contributed by atoms with Gasteiger partial charge in [-0.15, -0.1) is 0 Å². The second kappa shape index (κ2) is 4.47. The summed E-state index contributed by atoms with van der Waals surface area (Å²) in [5.74, 6) is 0. The third-order valence-corrected chi connectivity index (χ3v) is 2.22. The van der Waals surface area contributed by atoms with Gasteiger partial charge in [0, 0.05) is 11.9 Å². The van der Waals surface area contributed by atoms with Gasteiger partial charge in [-0.05, 0) is 22.6 Å². The van der Waals surface area contributed by atoms with Crippen LogP contribution in [0.3, 0.4) is 0 Å². The molecule has 0 aliphatic rings. The van der Waals surface area contributed by atoms with Crippen molar-refractivity contribution in [3.05, 3.63) is 65.0 Å². The highest BCUT2D eigenvalue weighted by molar-refractivity contribution is 5.53. The lowest BCUT2D eigenvalue weighted by atomic mass is 10.2. The predicted octanol–water partition coefficient (Wildman–Crippen LogP) is 1.95. The molecule has 2 aromatic carbocycles. The Bertz CT molecular complexity index is 529. The van der Waals surface area contributed by atoms with Crippen molar-refractivity contribution in [2.24, 2.45) is 0 Å². The summed E-state index contributed by atoms with van der Waals surface area (Å²) < 4.78 is 0. The zero-order valence-corrected chi connectivity index (χ0v) is 8.48. The van der Waals surface area contributed by atoms with Gasteiger partial charge in [0.15, 0.2) is 0 Å². The van der Waals surface area contributed by atoms with Crippen LogP contribution in [0.2, 0.25) is 0 Å². The summed E-state index contributed by atoms with van der Waals surface area (Å²) in [5, 5.41) is 5.38. The number of hydrogen-bond donors (Lipinski definition) is 1. The van der Waals surface area contributed by atoms with Crippen LogP contribution in [0.4, 0.5) is 5.69 Å². The second-order valence-electron chi connectivity index (χ2n) is 3.35. The molecule has 2 rings (SSSR count). The Kier molecular flexibility index (Phi) is 2.84. The van der Waals surface area contributed by atoms with Gasteiger partial charge in [0.2, 0.25) is 0 Å². The molecule has 1 heteroatoms. The SMILES string of the molecule is C=c1cccc/c1=C\Nc1ccccc1. The van der Waals surface area contributed by atoms with Crippen LogP contribution in [0.5, 0.6) is 0 Å². The van der Waals surface area contributed by atoms with Gasteiger partial charge in [0.1, 0.15) is 0 Å². The molecule has 2 aromatic rings. The van der Waals surface area contributed by atoms with Gasteiger partial charge in [0.25, 0.3) is 0 Å². The van der Waals surface area contributed by atoms with E-state index in [9.17, 15) is 0 Å². The van der Waals surface area contributed by atoms with Crippen LogP contribution in [0.15, 0.2) is 54.6 Å². The van der Waals surface area contributed by atoms with E-state index in [0.29, 0.717) is 0 Å². The molecule has 0 heterocycles. The molecule has 0 saturated carbocycles. The molecular weight excluding hydrogens is 182 g/mol. The maximum absolute atomic E-state index is 3.96. The van der Waals surface area contributed by atoms with Gasteiger partial charge in [-0.1, -0.05) is 49.0 Å². The molecule has 0 bridgehead atoms. The molecule has 0 radical (unpaired) electrons. The molecule has 74 valence electrons. The van der Waals surface area contributed by atoms with Gasteiger partial charge < -0.3 is 5.32 Å². The molecule has 15 heavy (non-hydrogen) atoms. The lowest BCUT2D eigenvalue weighted by Crippen LogP contribution is -2.23. The number of para-hydroxylation sites is 1. The largest absolute Gasteiger partial charge is 0.361 e. The predicted molar refractivity (Wildman–Crippen MR) is 65.7 cm³/mol. The van der Waals surface area contributed by atoms with Crippen molar-refractivity contribution in [3.8, 4) is 0 Å². The number of anilines is 1. The van der Waals surface area contributed by atoms with Crippen LogP contribution in [0.25, 0.3) is 12.8 Å². The molecule has 1 N–H and O–H groups in total. The van der Waals surface area contributed by atoms with Gasteiger partial charge in [-0.3, -0.25) is 0 Å². The standard InChI is InChI=1S/C14H13N/c1-12-7-5-6-8-13(12)11-15-14-9-3-2-4-10-14/h2-11,15H,1H2/b13-11+. The summed E-state index contributed by atoms with van der Waals surface area (Å²) in [5.41, 5.74) is 1.08. The molecule has 0 aliphatic heterocycles. The van der Waals surface area contributed by atoms with E-state index in [4.69, 9.17) is 0 Å². The average molecular weight is 195 g/mol. The van der Waals surface area contributed by atoms with Crippen molar-refractivity contribution in [1.29, 1.82) is 0 Å². The Hall–Kier alpha value is -2.02. The average Bonchev–Trinajstić information content (AvgIpc) is 2.29. The molecular formula is C14H13N. The Balaban J connectivity index is 2.27. The van der Waals surface area contributed by atoms with E-state index >= 15 is 0 Å². The lowest BCUT2D eigenvalue weighted by molar-refractivity contribution is 1.51. The van der Waals surface area contributed by atoms with Crippen LogP contribution >= 0.6 is 0 Å². The zero-order chi connectivity index (χ0) is 10.5.